The van der Waals surface area contributed by atoms with Crippen molar-refractivity contribution >= 4 is 5.91 Å². The van der Waals surface area contributed by atoms with Gasteiger partial charge in [0.2, 0.25) is 0 Å². The van der Waals surface area contributed by atoms with Crippen molar-refractivity contribution in [1.82, 2.24) is 5.32 Å². The first kappa shape index (κ1) is 13.0. The van der Waals surface area contributed by atoms with E-state index in [1.807, 2.05) is 38.1 Å². The first-order chi connectivity index (χ1) is 8.11. The summed E-state index contributed by atoms with van der Waals surface area (Å²) in [6, 6.07) is 7.77. The topological polar surface area (TPSA) is 62.1 Å². The van der Waals surface area contributed by atoms with Gasteiger partial charge in [0.1, 0.15) is 5.75 Å². The molecule has 0 saturated carbocycles. The Morgan fingerprint density at radius 2 is 2.00 bits per heavy atom. The maximum Gasteiger partial charge on any atom is 0.257 e. The van der Waals surface area contributed by atoms with Gasteiger partial charge in [0.15, 0.2) is 6.61 Å². The number of benzene rings is 1. The molecule has 0 unspecified atom stereocenters. The molecule has 17 heavy (non-hydrogen) atoms. The van der Waals surface area contributed by atoms with Crippen LogP contribution in [-0.4, -0.2) is 19.1 Å². The number of hydrogen-bond acceptors (Lipinski definition) is 3. The molecule has 0 heterocycles. The van der Waals surface area contributed by atoms with E-state index in [4.69, 9.17) is 10.00 Å². The Morgan fingerprint density at radius 3 is 2.59 bits per heavy atom. The minimum Gasteiger partial charge on any atom is -0.484 e. The second kappa shape index (κ2) is 6.54. The highest BCUT2D eigenvalue weighted by atomic mass is 16.5. The zero-order valence-corrected chi connectivity index (χ0v) is 10.1. The summed E-state index contributed by atoms with van der Waals surface area (Å²) in [5.74, 6) is 0.484. The minimum atomic E-state index is -0.209. The number of nitrogens with zero attached hydrogens (tertiary/aromatic N) is 1. The van der Waals surface area contributed by atoms with Crippen LogP contribution in [0.1, 0.15) is 17.5 Å². The van der Waals surface area contributed by atoms with Gasteiger partial charge in [-0.2, -0.15) is 5.26 Å². The van der Waals surface area contributed by atoms with Gasteiger partial charge >= 0.3 is 0 Å². The molecule has 1 rings (SSSR count). The van der Waals surface area contributed by atoms with E-state index >= 15 is 0 Å². The molecular formula is C13H16N2O2. The van der Waals surface area contributed by atoms with Gasteiger partial charge < -0.3 is 10.1 Å². The molecule has 0 radical (unpaired) electrons. The predicted molar refractivity (Wildman–Crippen MR) is 64.7 cm³/mol. The number of ether oxygens (including phenoxy) is 1. The van der Waals surface area contributed by atoms with Crippen LogP contribution in [0.3, 0.4) is 0 Å². The highest BCUT2D eigenvalue weighted by molar-refractivity contribution is 5.77. The molecule has 4 heteroatoms. The van der Waals surface area contributed by atoms with E-state index in [1.54, 1.807) is 0 Å². The summed E-state index contributed by atoms with van der Waals surface area (Å²) in [4.78, 5) is 11.3. The highest BCUT2D eigenvalue weighted by Crippen LogP contribution is 2.15. The summed E-state index contributed by atoms with van der Waals surface area (Å²) in [5, 5.41) is 10.9. The Morgan fingerprint density at radius 1 is 1.35 bits per heavy atom. The molecule has 1 amide bonds. The summed E-state index contributed by atoms with van der Waals surface area (Å²) in [6.07, 6.45) is 0.315. The van der Waals surface area contributed by atoms with Gasteiger partial charge in [0.25, 0.3) is 5.91 Å². The summed E-state index contributed by atoms with van der Waals surface area (Å²) >= 11 is 0. The van der Waals surface area contributed by atoms with Crippen LogP contribution in [0.25, 0.3) is 0 Å². The van der Waals surface area contributed by atoms with Gasteiger partial charge in [0.05, 0.1) is 12.5 Å². The number of hydrogen-bond donors (Lipinski definition) is 1. The third-order valence-corrected chi connectivity index (χ3v) is 2.12. The molecule has 0 aliphatic carbocycles. The lowest BCUT2D eigenvalue weighted by atomic mass is 10.1. The van der Waals surface area contributed by atoms with Gasteiger partial charge in [0, 0.05) is 6.54 Å². The molecule has 0 bridgehead atoms. The van der Waals surface area contributed by atoms with E-state index in [2.05, 4.69) is 5.32 Å². The smallest absolute Gasteiger partial charge is 0.257 e. The first-order valence-corrected chi connectivity index (χ1v) is 5.46. The second-order valence-electron chi connectivity index (χ2n) is 3.87. The molecule has 0 atom stereocenters. The van der Waals surface area contributed by atoms with E-state index in [-0.39, 0.29) is 12.5 Å². The van der Waals surface area contributed by atoms with Gasteiger partial charge in [-0.15, -0.1) is 0 Å². The van der Waals surface area contributed by atoms with Crippen LogP contribution >= 0.6 is 0 Å². The maximum atomic E-state index is 11.3. The molecule has 0 aliphatic heterocycles. The van der Waals surface area contributed by atoms with Crippen LogP contribution in [0, 0.1) is 25.2 Å². The third-order valence-electron chi connectivity index (χ3n) is 2.12. The summed E-state index contributed by atoms with van der Waals surface area (Å²) in [6.45, 7) is 4.31. The van der Waals surface area contributed by atoms with E-state index in [9.17, 15) is 4.79 Å². The molecule has 1 aromatic carbocycles. The molecule has 1 aromatic rings. The molecule has 0 aliphatic rings. The number of carbonyl (C=O) groups excluding carboxylic acids is 1. The van der Waals surface area contributed by atoms with Crippen LogP contribution in [0.5, 0.6) is 5.75 Å². The Kier molecular flexibility index (Phi) is 5.02. The van der Waals surface area contributed by atoms with Crippen molar-refractivity contribution in [3.05, 3.63) is 29.3 Å². The van der Waals surface area contributed by atoms with E-state index < -0.39 is 0 Å². The van der Waals surface area contributed by atoms with Crippen molar-refractivity contribution in [2.75, 3.05) is 13.2 Å². The number of nitrogens with one attached hydrogen (secondary N) is 1. The molecule has 0 saturated heterocycles. The largest absolute Gasteiger partial charge is 0.484 e. The zero-order chi connectivity index (χ0) is 12.7. The quantitative estimate of drug-likeness (QED) is 0.786. The van der Waals surface area contributed by atoms with Crippen LogP contribution in [0.15, 0.2) is 18.2 Å². The lowest BCUT2D eigenvalue weighted by Crippen LogP contribution is -2.29. The van der Waals surface area contributed by atoms with Crippen LogP contribution in [0.2, 0.25) is 0 Å². The van der Waals surface area contributed by atoms with Crippen LogP contribution < -0.4 is 10.1 Å². The second-order valence-corrected chi connectivity index (χ2v) is 3.87. The normalized spacial score (nSPS) is 9.47. The number of aryl methyl sites for hydroxylation is 2. The average Bonchev–Trinajstić information content (AvgIpc) is 2.25. The molecule has 90 valence electrons. The lowest BCUT2D eigenvalue weighted by Gasteiger charge is -2.08. The van der Waals surface area contributed by atoms with Crippen molar-refractivity contribution in [3.63, 3.8) is 0 Å². The lowest BCUT2D eigenvalue weighted by molar-refractivity contribution is -0.123. The summed E-state index contributed by atoms with van der Waals surface area (Å²) in [7, 11) is 0. The highest BCUT2D eigenvalue weighted by Gasteiger charge is 2.02. The molecule has 0 aromatic heterocycles. The van der Waals surface area contributed by atoms with Crippen LogP contribution in [-0.2, 0) is 4.79 Å². The minimum absolute atomic E-state index is 0.0195. The van der Waals surface area contributed by atoms with E-state index in [0.717, 1.165) is 11.1 Å². The van der Waals surface area contributed by atoms with Crippen molar-refractivity contribution in [1.29, 1.82) is 5.26 Å². The van der Waals surface area contributed by atoms with Gasteiger partial charge in [-0.25, -0.2) is 0 Å². The number of nitriles is 1. The number of rotatable bonds is 5. The standard InChI is InChI=1S/C13H16N2O2/c1-10-6-11(2)8-12(7-10)17-9-13(16)15-5-3-4-14/h6-8H,3,5,9H2,1-2H3,(H,15,16). The molecule has 0 spiro atoms. The van der Waals surface area contributed by atoms with Crippen molar-refractivity contribution in [3.8, 4) is 11.8 Å². The fraction of sp³-hybridized carbons (Fsp3) is 0.385. The monoisotopic (exact) mass is 232 g/mol. The van der Waals surface area contributed by atoms with Gasteiger partial charge in [-0.05, 0) is 37.1 Å². The van der Waals surface area contributed by atoms with E-state index in [0.29, 0.717) is 18.7 Å². The zero-order valence-electron chi connectivity index (χ0n) is 10.1. The molecule has 0 fully saturated rings. The van der Waals surface area contributed by atoms with Crippen molar-refractivity contribution in [2.24, 2.45) is 0 Å². The third kappa shape index (κ3) is 5.03. The average molecular weight is 232 g/mol. The Hall–Kier alpha value is -2.02. The molecular weight excluding hydrogens is 216 g/mol. The van der Waals surface area contributed by atoms with Gasteiger partial charge in [-0.3, -0.25) is 4.79 Å². The SMILES string of the molecule is Cc1cc(C)cc(OCC(=O)NCCC#N)c1. The predicted octanol–water partition coefficient (Wildman–Crippen LogP) is 1.71. The Bertz CT molecular complexity index is 415. The number of amides is 1. The fourth-order valence-corrected chi connectivity index (χ4v) is 1.47. The Labute approximate surface area is 101 Å². The van der Waals surface area contributed by atoms with Crippen LogP contribution in [0.4, 0.5) is 0 Å². The van der Waals surface area contributed by atoms with Gasteiger partial charge in [-0.1, -0.05) is 6.07 Å². The maximum absolute atomic E-state index is 11.3. The summed E-state index contributed by atoms with van der Waals surface area (Å²) < 4.78 is 5.37. The summed E-state index contributed by atoms with van der Waals surface area (Å²) in [5.41, 5.74) is 2.20. The molecule has 4 nitrogen and oxygen atoms in total. The number of carbonyl (C=O) groups is 1. The van der Waals surface area contributed by atoms with E-state index in [1.165, 1.54) is 0 Å². The molecule has 1 N–H and O–H groups in total. The van der Waals surface area contributed by atoms with Crippen molar-refractivity contribution < 1.29 is 9.53 Å². The first-order valence-electron chi connectivity index (χ1n) is 5.46. The Balaban J connectivity index is 2.39. The fourth-order valence-electron chi connectivity index (χ4n) is 1.47. The van der Waals surface area contributed by atoms with Crippen molar-refractivity contribution in [2.45, 2.75) is 20.3 Å².